The van der Waals surface area contributed by atoms with Crippen molar-refractivity contribution in [2.75, 3.05) is 16.4 Å². The number of carbonyl (C=O) groups is 2. The number of benzene rings is 2. The average molecular weight is 356 g/mol. The molecule has 0 spiro atoms. The Kier molecular flexibility index (Phi) is 4.99. The number of ether oxygens (including phenoxy) is 1. The summed E-state index contributed by atoms with van der Waals surface area (Å²) >= 11 is 1.49. The molecule has 2 aromatic carbocycles. The number of thioether (sulfide) groups is 1. The molecule has 0 aromatic heterocycles. The molecule has 1 atom stereocenters. The third kappa shape index (κ3) is 4.14. The van der Waals surface area contributed by atoms with E-state index in [2.05, 4.69) is 36.6 Å². The zero-order valence-corrected chi connectivity index (χ0v) is 15.2. The number of fused-ring (bicyclic) bond motifs is 1. The zero-order valence-electron chi connectivity index (χ0n) is 14.4. The quantitative estimate of drug-likeness (QED) is 0.819. The molecule has 6 heteroatoms. The van der Waals surface area contributed by atoms with Crippen LogP contribution in [-0.4, -0.2) is 23.7 Å². The average Bonchev–Trinajstić information content (AvgIpc) is 2.57. The first-order valence-corrected chi connectivity index (χ1v) is 9.02. The standard InChI is InChI=1S/C19H20N2O3S/c1-11-4-6-15(8-12(11)2)25-10-18(22)20-14-5-7-17-16(9-14)21-19(23)13(3)24-17/h4-9,13H,10H2,1-3H3,(H,20,22)(H,21,23)/t13-/m1/s1. The first-order valence-electron chi connectivity index (χ1n) is 8.04. The van der Waals surface area contributed by atoms with Gasteiger partial charge in [-0.05, 0) is 62.2 Å². The van der Waals surface area contributed by atoms with Crippen molar-refractivity contribution in [3.8, 4) is 5.75 Å². The lowest BCUT2D eigenvalue weighted by Crippen LogP contribution is -2.34. The first kappa shape index (κ1) is 17.4. The van der Waals surface area contributed by atoms with E-state index >= 15 is 0 Å². The van der Waals surface area contributed by atoms with Gasteiger partial charge in [0.2, 0.25) is 5.91 Å². The zero-order chi connectivity index (χ0) is 18.0. The monoisotopic (exact) mass is 356 g/mol. The van der Waals surface area contributed by atoms with Gasteiger partial charge in [0.1, 0.15) is 5.75 Å². The molecule has 0 saturated heterocycles. The molecule has 1 aliphatic rings. The highest BCUT2D eigenvalue weighted by Gasteiger charge is 2.23. The molecular weight excluding hydrogens is 336 g/mol. The number of nitrogens with one attached hydrogen (secondary N) is 2. The molecule has 2 aromatic rings. The summed E-state index contributed by atoms with van der Waals surface area (Å²) in [5, 5.41) is 5.62. The van der Waals surface area contributed by atoms with Crippen LogP contribution in [0.25, 0.3) is 0 Å². The highest BCUT2D eigenvalue weighted by atomic mass is 32.2. The summed E-state index contributed by atoms with van der Waals surface area (Å²) in [6.07, 6.45) is -0.512. The molecule has 0 unspecified atom stereocenters. The molecule has 3 rings (SSSR count). The minimum atomic E-state index is -0.512. The number of carbonyl (C=O) groups excluding carboxylic acids is 2. The lowest BCUT2D eigenvalue weighted by molar-refractivity contribution is -0.122. The number of anilines is 2. The van der Waals surface area contributed by atoms with Gasteiger partial charge in [0.05, 0.1) is 11.4 Å². The van der Waals surface area contributed by atoms with Gasteiger partial charge in [-0.2, -0.15) is 0 Å². The van der Waals surface area contributed by atoms with Gasteiger partial charge < -0.3 is 15.4 Å². The molecule has 0 fully saturated rings. The van der Waals surface area contributed by atoms with Crippen LogP contribution in [0.2, 0.25) is 0 Å². The van der Waals surface area contributed by atoms with Crippen molar-refractivity contribution in [2.24, 2.45) is 0 Å². The highest BCUT2D eigenvalue weighted by Crippen LogP contribution is 2.32. The number of amides is 2. The van der Waals surface area contributed by atoms with Crippen LogP contribution in [0, 0.1) is 13.8 Å². The van der Waals surface area contributed by atoms with Gasteiger partial charge in [-0.15, -0.1) is 11.8 Å². The fourth-order valence-electron chi connectivity index (χ4n) is 2.44. The highest BCUT2D eigenvalue weighted by molar-refractivity contribution is 8.00. The topological polar surface area (TPSA) is 67.4 Å². The maximum absolute atomic E-state index is 12.2. The SMILES string of the molecule is Cc1ccc(SCC(=O)Nc2ccc3c(c2)NC(=O)[C@@H](C)O3)cc1C. The van der Waals surface area contributed by atoms with Crippen LogP contribution in [0.3, 0.4) is 0 Å². The Bertz CT molecular complexity index is 835. The van der Waals surface area contributed by atoms with Crippen molar-refractivity contribution >= 4 is 35.0 Å². The van der Waals surface area contributed by atoms with E-state index in [9.17, 15) is 9.59 Å². The second-order valence-electron chi connectivity index (χ2n) is 6.04. The Morgan fingerprint density at radius 1 is 1.20 bits per heavy atom. The van der Waals surface area contributed by atoms with E-state index < -0.39 is 6.10 Å². The van der Waals surface area contributed by atoms with Crippen LogP contribution < -0.4 is 15.4 Å². The maximum Gasteiger partial charge on any atom is 0.265 e. The molecular formula is C19H20N2O3S. The molecule has 0 saturated carbocycles. The molecule has 130 valence electrons. The van der Waals surface area contributed by atoms with Crippen LogP contribution in [0.5, 0.6) is 5.75 Å². The number of aryl methyl sites for hydroxylation is 2. The molecule has 25 heavy (non-hydrogen) atoms. The van der Waals surface area contributed by atoms with Crippen molar-refractivity contribution in [3.05, 3.63) is 47.5 Å². The molecule has 2 amide bonds. The molecule has 1 heterocycles. The number of hydrogen-bond donors (Lipinski definition) is 2. The Morgan fingerprint density at radius 3 is 2.76 bits per heavy atom. The Labute approximate surface area is 151 Å². The molecule has 0 bridgehead atoms. The van der Waals surface area contributed by atoms with E-state index in [1.165, 1.54) is 22.9 Å². The lowest BCUT2D eigenvalue weighted by Gasteiger charge is -2.23. The van der Waals surface area contributed by atoms with E-state index in [4.69, 9.17) is 4.74 Å². The number of rotatable bonds is 4. The normalized spacial score (nSPS) is 15.8. The fourth-order valence-corrected chi connectivity index (χ4v) is 3.23. The number of hydrogen-bond acceptors (Lipinski definition) is 4. The minimum Gasteiger partial charge on any atom is -0.479 e. The summed E-state index contributed by atoms with van der Waals surface area (Å²) in [6.45, 7) is 5.82. The van der Waals surface area contributed by atoms with Crippen LogP contribution in [-0.2, 0) is 9.59 Å². The Morgan fingerprint density at radius 2 is 2.00 bits per heavy atom. The van der Waals surface area contributed by atoms with Crippen molar-refractivity contribution in [1.29, 1.82) is 0 Å². The molecule has 5 nitrogen and oxygen atoms in total. The summed E-state index contributed by atoms with van der Waals surface area (Å²) in [5.41, 5.74) is 3.65. The van der Waals surface area contributed by atoms with Gasteiger partial charge >= 0.3 is 0 Å². The smallest absolute Gasteiger partial charge is 0.265 e. The predicted octanol–water partition coefficient (Wildman–Crippen LogP) is 3.75. The summed E-state index contributed by atoms with van der Waals surface area (Å²) < 4.78 is 5.50. The van der Waals surface area contributed by atoms with Gasteiger partial charge in [-0.1, -0.05) is 6.07 Å². The van der Waals surface area contributed by atoms with Crippen LogP contribution in [0.1, 0.15) is 18.1 Å². The summed E-state index contributed by atoms with van der Waals surface area (Å²) in [5.74, 6) is 0.634. The van der Waals surface area contributed by atoms with E-state index in [0.717, 1.165) is 4.90 Å². The first-order chi connectivity index (χ1) is 11.9. The largest absolute Gasteiger partial charge is 0.479 e. The van der Waals surface area contributed by atoms with Gasteiger partial charge in [0, 0.05) is 10.6 Å². The van der Waals surface area contributed by atoms with Crippen molar-refractivity contribution in [2.45, 2.75) is 31.8 Å². The van der Waals surface area contributed by atoms with Crippen molar-refractivity contribution < 1.29 is 14.3 Å². The van der Waals surface area contributed by atoms with E-state index in [1.54, 1.807) is 25.1 Å². The lowest BCUT2D eigenvalue weighted by atomic mass is 10.1. The van der Waals surface area contributed by atoms with Gasteiger partial charge in [0.15, 0.2) is 6.10 Å². The summed E-state index contributed by atoms with van der Waals surface area (Å²) in [7, 11) is 0. The van der Waals surface area contributed by atoms with Crippen LogP contribution >= 0.6 is 11.8 Å². The van der Waals surface area contributed by atoms with Gasteiger partial charge in [0.25, 0.3) is 5.91 Å². The molecule has 0 radical (unpaired) electrons. The third-order valence-electron chi connectivity index (χ3n) is 4.04. The maximum atomic E-state index is 12.2. The van der Waals surface area contributed by atoms with Crippen molar-refractivity contribution in [1.82, 2.24) is 0 Å². The van der Waals surface area contributed by atoms with Gasteiger partial charge in [-0.3, -0.25) is 9.59 Å². The predicted molar refractivity (Wildman–Crippen MR) is 100 cm³/mol. The second-order valence-corrected chi connectivity index (χ2v) is 7.09. The Hall–Kier alpha value is -2.47. The summed E-state index contributed by atoms with van der Waals surface area (Å²) in [4.78, 5) is 24.9. The van der Waals surface area contributed by atoms with Crippen LogP contribution in [0.4, 0.5) is 11.4 Å². The van der Waals surface area contributed by atoms with E-state index in [0.29, 0.717) is 22.9 Å². The third-order valence-corrected chi connectivity index (χ3v) is 5.04. The minimum absolute atomic E-state index is 0.0976. The van der Waals surface area contributed by atoms with Crippen LogP contribution in [0.15, 0.2) is 41.3 Å². The van der Waals surface area contributed by atoms with E-state index in [1.807, 2.05) is 6.07 Å². The molecule has 2 N–H and O–H groups in total. The Balaban J connectivity index is 1.60. The molecule has 0 aliphatic carbocycles. The van der Waals surface area contributed by atoms with Crippen molar-refractivity contribution in [3.63, 3.8) is 0 Å². The molecule has 1 aliphatic heterocycles. The summed E-state index contributed by atoms with van der Waals surface area (Å²) in [6, 6.07) is 11.4. The van der Waals surface area contributed by atoms with E-state index in [-0.39, 0.29) is 11.8 Å². The fraction of sp³-hybridized carbons (Fsp3) is 0.263. The second kappa shape index (κ2) is 7.19. The van der Waals surface area contributed by atoms with Gasteiger partial charge in [-0.25, -0.2) is 0 Å².